The summed E-state index contributed by atoms with van der Waals surface area (Å²) in [7, 11) is 0. The zero-order chi connectivity index (χ0) is 19.1. The molecule has 2 aromatic heterocycles. The normalized spacial score (nSPS) is 18.2. The standard InChI is InChI=1S/C19H19N5O3S/c25-17(26)15-12-13-6-11-27-19(16(13)28-15)7-9-23(10-8-19)18-20-21-22-24(18)14-4-2-1-3-5-14/h1-5,12H,6-11H2,(H,25,26). The Bertz CT molecular complexity index is 1010. The van der Waals surface area contributed by atoms with Crippen molar-refractivity contribution >= 4 is 23.3 Å². The van der Waals surface area contributed by atoms with Crippen molar-refractivity contribution in [1.82, 2.24) is 20.2 Å². The highest BCUT2D eigenvalue weighted by Gasteiger charge is 2.43. The van der Waals surface area contributed by atoms with Gasteiger partial charge in [0, 0.05) is 18.0 Å². The van der Waals surface area contributed by atoms with Crippen molar-refractivity contribution in [3.63, 3.8) is 0 Å². The molecule has 5 rings (SSSR count). The van der Waals surface area contributed by atoms with Gasteiger partial charge in [0.05, 0.1) is 12.3 Å². The molecule has 0 atom stereocenters. The number of anilines is 1. The molecule has 9 heteroatoms. The Balaban J connectivity index is 1.40. The van der Waals surface area contributed by atoms with Gasteiger partial charge in [-0.15, -0.1) is 11.3 Å². The van der Waals surface area contributed by atoms with Crippen LogP contribution in [-0.2, 0) is 16.8 Å². The topological polar surface area (TPSA) is 93.4 Å². The van der Waals surface area contributed by atoms with Crippen LogP contribution in [0.1, 0.15) is 33.0 Å². The number of rotatable bonds is 3. The molecular formula is C19H19N5O3S. The van der Waals surface area contributed by atoms with E-state index in [4.69, 9.17) is 4.74 Å². The molecule has 0 bridgehead atoms. The largest absolute Gasteiger partial charge is 0.477 e. The monoisotopic (exact) mass is 397 g/mol. The SMILES string of the molecule is O=C(O)c1cc2c(s1)C1(CCN(c3nnnn3-c3ccccc3)CC1)OCC2. The summed E-state index contributed by atoms with van der Waals surface area (Å²) in [5.41, 5.74) is 1.65. The number of carboxylic acids is 1. The number of tetrazole rings is 1. The van der Waals surface area contributed by atoms with Crippen LogP contribution >= 0.6 is 11.3 Å². The number of benzene rings is 1. The Hall–Kier alpha value is -2.78. The zero-order valence-corrected chi connectivity index (χ0v) is 15.9. The van der Waals surface area contributed by atoms with Gasteiger partial charge >= 0.3 is 5.97 Å². The summed E-state index contributed by atoms with van der Waals surface area (Å²) in [6, 6.07) is 11.6. The number of fused-ring (bicyclic) bond motifs is 2. The average Bonchev–Trinajstić information content (AvgIpc) is 3.38. The number of hydrogen-bond donors (Lipinski definition) is 1. The maximum atomic E-state index is 11.4. The second-order valence-corrected chi connectivity index (χ2v) is 8.13. The first kappa shape index (κ1) is 17.3. The molecule has 8 nitrogen and oxygen atoms in total. The van der Waals surface area contributed by atoms with Gasteiger partial charge in [-0.3, -0.25) is 0 Å². The van der Waals surface area contributed by atoms with E-state index in [1.165, 1.54) is 11.3 Å². The Labute approximate surface area is 165 Å². The number of carbonyl (C=O) groups is 1. The van der Waals surface area contributed by atoms with Gasteiger partial charge in [-0.1, -0.05) is 23.3 Å². The lowest BCUT2D eigenvalue weighted by Crippen LogP contribution is -2.46. The summed E-state index contributed by atoms with van der Waals surface area (Å²) in [6.45, 7) is 2.12. The molecule has 1 spiro atoms. The van der Waals surface area contributed by atoms with E-state index >= 15 is 0 Å². The molecule has 0 saturated carbocycles. The van der Waals surface area contributed by atoms with Crippen LogP contribution in [0.3, 0.4) is 0 Å². The first-order valence-electron chi connectivity index (χ1n) is 9.25. The molecule has 2 aliphatic heterocycles. The maximum Gasteiger partial charge on any atom is 0.345 e. The number of nitrogens with zero attached hydrogens (tertiary/aromatic N) is 5. The number of ether oxygens (including phenoxy) is 1. The summed E-state index contributed by atoms with van der Waals surface area (Å²) in [4.78, 5) is 15.1. The van der Waals surface area contributed by atoms with Crippen LogP contribution in [0.2, 0.25) is 0 Å². The van der Waals surface area contributed by atoms with Crippen molar-refractivity contribution in [2.45, 2.75) is 24.9 Å². The van der Waals surface area contributed by atoms with Crippen molar-refractivity contribution in [1.29, 1.82) is 0 Å². The Morgan fingerprint density at radius 2 is 2.00 bits per heavy atom. The molecule has 2 aliphatic rings. The molecule has 1 fully saturated rings. The lowest BCUT2D eigenvalue weighted by molar-refractivity contribution is -0.0736. The summed E-state index contributed by atoms with van der Waals surface area (Å²) in [5, 5.41) is 21.6. The number of para-hydroxylation sites is 1. The fourth-order valence-electron chi connectivity index (χ4n) is 4.08. The zero-order valence-electron chi connectivity index (χ0n) is 15.1. The highest BCUT2D eigenvalue weighted by atomic mass is 32.1. The van der Waals surface area contributed by atoms with Crippen molar-refractivity contribution < 1.29 is 14.6 Å². The first-order chi connectivity index (χ1) is 13.7. The first-order valence-corrected chi connectivity index (χ1v) is 10.1. The van der Waals surface area contributed by atoms with E-state index in [0.717, 1.165) is 54.4 Å². The fourth-order valence-corrected chi connectivity index (χ4v) is 5.33. The molecule has 0 radical (unpaired) electrons. The second kappa shape index (κ2) is 6.68. The third kappa shape index (κ3) is 2.78. The molecule has 1 saturated heterocycles. The van der Waals surface area contributed by atoms with Crippen LogP contribution < -0.4 is 4.90 Å². The van der Waals surface area contributed by atoms with Crippen LogP contribution in [0.5, 0.6) is 0 Å². The van der Waals surface area contributed by atoms with Gasteiger partial charge in [0.1, 0.15) is 10.5 Å². The van der Waals surface area contributed by atoms with Crippen molar-refractivity contribution in [3.05, 3.63) is 51.7 Å². The molecule has 3 aromatic rings. The van der Waals surface area contributed by atoms with Crippen LogP contribution in [0.25, 0.3) is 5.69 Å². The third-order valence-electron chi connectivity index (χ3n) is 5.49. The van der Waals surface area contributed by atoms with E-state index in [9.17, 15) is 9.90 Å². The van der Waals surface area contributed by atoms with E-state index in [-0.39, 0.29) is 0 Å². The van der Waals surface area contributed by atoms with E-state index in [1.54, 1.807) is 4.68 Å². The average molecular weight is 397 g/mol. The van der Waals surface area contributed by atoms with Crippen molar-refractivity contribution in [2.24, 2.45) is 0 Å². The number of aromatic nitrogens is 4. The highest BCUT2D eigenvalue weighted by Crippen LogP contribution is 2.45. The minimum absolute atomic E-state index is 0.394. The van der Waals surface area contributed by atoms with E-state index in [2.05, 4.69) is 20.4 Å². The van der Waals surface area contributed by atoms with Gasteiger partial charge < -0.3 is 14.7 Å². The molecule has 4 heterocycles. The van der Waals surface area contributed by atoms with Crippen LogP contribution in [-0.4, -0.2) is 51.0 Å². The molecule has 1 aromatic carbocycles. The number of carboxylic acid groups (broad SMARTS) is 1. The lowest BCUT2D eigenvalue weighted by atomic mass is 9.85. The minimum atomic E-state index is -0.867. The predicted molar refractivity (Wildman–Crippen MR) is 103 cm³/mol. The third-order valence-corrected chi connectivity index (χ3v) is 6.84. The number of thiophene rings is 1. The Morgan fingerprint density at radius 1 is 1.21 bits per heavy atom. The number of aromatic carboxylic acids is 1. The van der Waals surface area contributed by atoms with E-state index < -0.39 is 11.6 Å². The molecule has 0 unspecified atom stereocenters. The molecule has 0 amide bonds. The van der Waals surface area contributed by atoms with Crippen LogP contribution in [0.4, 0.5) is 5.95 Å². The summed E-state index contributed by atoms with van der Waals surface area (Å²) in [6.07, 6.45) is 2.33. The van der Waals surface area contributed by atoms with Crippen LogP contribution in [0.15, 0.2) is 36.4 Å². The van der Waals surface area contributed by atoms with Gasteiger partial charge in [0.25, 0.3) is 0 Å². The number of hydrogen-bond acceptors (Lipinski definition) is 7. The molecule has 144 valence electrons. The Morgan fingerprint density at radius 3 is 2.75 bits per heavy atom. The van der Waals surface area contributed by atoms with Gasteiger partial charge in [0.2, 0.25) is 5.95 Å². The van der Waals surface area contributed by atoms with Gasteiger partial charge in [-0.05, 0) is 53.5 Å². The number of piperidine rings is 1. The smallest absolute Gasteiger partial charge is 0.345 e. The summed E-state index contributed by atoms with van der Waals surface area (Å²) >= 11 is 1.36. The van der Waals surface area contributed by atoms with Gasteiger partial charge in [-0.25, -0.2) is 4.79 Å². The van der Waals surface area contributed by atoms with Crippen molar-refractivity contribution in [2.75, 3.05) is 24.6 Å². The highest BCUT2D eigenvalue weighted by molar-refractivity contribution is 7.14. The predicted octanol–water partition coefficient (Wildman–Crippen LogP) is 2.49. The molecule has 28 heavy (non-hydrogen) atoms. The van der Waals surface area contributed by atoms with Gasteiger partial charge in [0.15, 0.2) is 0 Å². The maximum absolute atomic E-state index is 11.4. The van der Waals surface area contributed by atoms with Gasteiger partial charge in [-0.2, -0.15) is 4.68 Å². The second-order valence-electron chi connectivity index (χ2n) is 7.08. The quantitative estimate of drug-likeness (QED) is 0.726. The van der Waals surface area contributed by atoms with Crippen LogP contribution in [0, 0.1) is 0 Å². The van der Waals surface area contributed by atoms with E-state index in [1.807, 2.05) is 36.4 Å². The lowest BCUT2D eigenvalue weighted by Gasteiger charge is -2.43. The molecule has 0 aliphatic carbocycles. The van der Waals surface area contributed by atoms with Crippen molar-refractivity contribution in [3.8, 4) is 5.69 Å². The molecule has 1 N–H and O–H groups in total. The molecular weight excluding hydrogens is 378 g/mol. The summed E-state index contributed by atoms with van der Waals surface area (Å²) < 4.78 is 7.99. The minimum Gasteiger partial charge on any atom is -0.477 e. The summed E-state index contributed by atoms with van der Waals surface area (Å²) in [5.74, 6) is -0.150. The Kier molecular flexibility index (Phi) is 4.13. The fraction of sp³-hybridized carbons (Fsp3) is 0.368. The van der Waals surface area contributed by atoms with E-state index in [0.29, 0.717) is 11.5 Å².